The second kappa shape index (κ2) is 6.24. The van der Waals surface area contributed by atoms with Gasteiger partial charge in [-0.25, -0.2) is 0 Å². The Kier molecular flexibility index (Phi) is 4.40. The van der Waals surface area contributed by atoms with Crippen molar-refractivity contribution in [1.82, 2.24) is 0 Å². The summed E-state index contributed by atoms with van der Waals surface area (Å²) in [5.74, 6) is 0. The molecule has 0 saturated heterocycles. The Labute approximate surface area is 116 Å². The summed E-state index contributed by atoms with van der Waals surface area (Å²) in [4.78, 5) is 2.36. The average molecular weight is 251 g/mol. The third kappa shape index (κ3) is 2.87. The van der Waals surface area contributed by atoms with Gasteiger partial charge in [-0.1, -0.05) is 55.1 Å². The van der Waals surface area contributed by atoms with E-state index in [1.165, 1.54) is 16.8 Å². The van der Waals surface area contributed by atoms with Gasteiger partial charge >= 0.3 is 0 Å². The zero-order valence-electron chi connectivity index (χ0n) is 11.8. The predicted molar refractivity (Wildman–Crippen MR) is 84.6 cm³/mol. The number of rotatable bonds is 5. The number of hydrogen-bond acceptors (Lipinski definition) is 1. The minimum absolute atomic E-state index is 1.01. The molecule has 0 aliphatic rings. The van der Waals surface area contributed by atoms with Gasteiger partial charge in [0.1, 0.15) is 0 Å². The highest BCUT2D eigenvalue weighted by Crippen LogP contribution is 2.30. The third-order valence-corrected chi connectivity index (χ3v) is 3.46. The minimum atomic E-state index is 1.01. The summed E-state index contributed by atoms with van der Waals surface area (Å²) in [7, 11) is 0. The highest BCUT2D eigenvalue weighted by atomic mass is 15.1. The van der Waals surface area contributed by atoms with Gasteiger partial charge in [0.2, 0.25) is 0 Å². The standard InChI is InChI=1S/C18H21N/c1-4-19(5-2)18-14-10-9-13-17(18)15(3)16-11-7-6-8-12-16/h6-14H,3-5H2,1-2H3. The van der Waals surface area contributed by atoms with Gasteiger partial charge in [-0.05, 0) is 31.1 Å². The van der Waals surface area contributed by atoms with Crippen molar-refractivity contribution in [1.29, 1.82) is 0 Å². The van der Waals surface area contributed by atoms with Gasteiger partial charge in [0.15, 0.2) is 0 Å². The van der Waals surface area contributed by atoms with Crippen LogP contribution in [0.4, 0.5) is 5.69 Å². The zero-order valence-corrected chi connectivity index (χ0v) is 11.8. The van der Waals surface area contributed by atoms with Crippen LogP contribution in [-0.2, 0) is 0 Å². The maximum Gasteiger partial charge on any atom is 0.0445 e. The quantitative estimate of drug-likeness (QED) is 0.751. The van der Waals surface area contributed by atoms with E-state index in [4.69, 9.17) is 0 Å². The number of para-hydroxylation sites is 1. The first kappa shape index (κ1) is 13.4. The molecule has 1 nitrogen and oxygen atoms in total. The van der Waals surface area contributed by atoms with E-state index in [-0.39, 0.29) is 0 Å². The highest BCUT2D eigenvalue weighted by molar-refractivity contribution is 5.85. The maximum atomic E-state index is 4.28. The molecule has 98 valence electrons. The highest BCUT2D eigenvalue weighted by Gasteiger charge is 2.11. The smallest absolute Gasteiger partial charge is 0.0445 e. The van der Waals surface area contributed by atoms with Crippen molar-refractivity contribution in [3.8, 4) is 0 Å². The molecule has 2 aromatic rings. The molecule has 0 atom stereocenters. The first-order valence-electron chi connectivity index (χ1n) is 6.86. The molecule has 0 heterocycles. The van der Waals surface area contributed by atoms with Gasteiger partial charge in [0.05, 0.1) is 0 Å². The van der Waals surface area contributed by atoms with Crippen molar-refractivity contribution in [3.05, 3.63) is 72.3 Å². The van der Waals surface area contributed by atoms with Crippen LogP contribution in [0.3, 0.4) is 0 Å². The molecule has 0 unspecified atom stereocenters. The first-order valence-corrected chi connectivity index (χ1v) is 6.86. The van der Waals surface area contributed by atoms with E-state index in [0.29, 0.717) is 0 Å². The fraction of sp³-hybridized carbons (Fsp3) is 0.222. The van der Waals surface area contributed by atoms with Crippen LogP contribution < -0.4 is 4.90 Å². The maximum absolute atomic E-state index is 4.28. The topological polar surface area (TPSA) is 3.24 Å². The van der Waals surface area contributed by atoms with Crippen LogP contribution in [0.25, 0.3) is 5.57 Å². The molecule has 0 aliphatic heterocycles. The van der Waals surface area contributed by atoms with Crippen molar-refractivity contribution in [2.45, 2.75) is 13.8 Å². The molecule has 0 aliphatic carbocycles. The average Bonchev–Trinajstić information content (AvgIpc) is 2.49. The number of anilines is 1. The Morgan fingerprint density at radius 2 is 1.47 bits per heavy atom. The summed E-state index contributed by atoms with van der Waals surface area (Å²) < 4.78 is 0. The molecule has 0 saturated carbocycles. The monoisotopic (exact) mass is 251 g/mol. The Bertz CT molecular complexity index is 539. The van der Waals surface area contributed by atoms with Crippen LogP contribution in [-0.4, -0.2) is 13.1 Å². The molecule has 0 fully saturated rings. The van der Waals surface area contributed by atoms with Gasteiger partial charge in [-0.2, -0.15) is 0 Å². The molecule has 0 aromatic heterocycles. The fourth-order valence-electron chi connectivity index (χ4n) is 2.36. The molecule has 2 rings (SSSR count). The molecule has 0 amide bonds. The van der Waals surface area contributed by atoms with Crippen molar-refractivity contribution in [3.63, 3.8) is 0 Å². The Morgan fingerprint density at radius 3 is 2.11 bits per heavy atom. The molecule has 1 heteroatoms. The summed E-state index contributed by atoms with van der Waals surface area (Å²) >= 11 is 0. The van der Waals surface area contributed by atoms with E-state index < -0.39 is 0 Å². The molecular weight excluding hydrogens is 230 g/mol. The normalized spacial score (nSPS) is 10.2. The van der Waals surface area contributed by atoms with Crippen molar-refractivity contribution >= 4 is 11.3 Å². The molecule has 19 heavy (non-hydrogen) atoms. The molecular formula is C18H21N. The van der Waals surface area contributed by atoms with Gasteiger partial charge in [0.25, 0.3) is 0 Å². The Morgan fingerprint density at radius 1 is 0.895 bits per heavy atom. The molecule has 0 spiro atoms. The van der Waals surface area contributed by atoms with E-state index in [1.54, 1.807) is 0 Å². The van der Waals surface area contributed by atoms with E-state index in [0.717, 1.165) is 18.7 Å². The van der Waals surface area contributed by atoms with Crippen LogP contribution in [0, 0.1) is 0 Å². The predicted octanol–water partition coefficient (Wildman–Crippen LogP) is 4.59. The van der Waals surface area contributed by atoms with Crippen molar-refractivity contribution in [2.24, 2.45) is 0 Å². The van der Waals surface area contributed by atoms with Crippen LogP contribution >= 0.6 is 0 Å². The summed E-state index contributed by atoms with van der Waals surface area (Å²) in [5, 5.41) is 0. The van der Waals surface area contributed by atoms with Crippen LogP contribution in [0.15, 0.2) is 61.2 Å². The molecule has 0 radical (unpaired) electrons. The van der Waals surface area contributed by atoms with Gasteiger partial charge in [-0.15, -0.1) is 0 Å². The van der Waals surface area contributed by atoms with E-state index >= 15 is 0 Å². The van der Waals surface area contributed by atoms with Crippen molar-refractivity contribution < 1.29 is 0 Å². The summed E-state index contributed by atoms with van der Waals surface area (Å²) in [5.41, 5.74) is 4.75. The Hall–Kier alpha value is -2.02. The molecule has 0 N–H and O–H groups in total. The second-order valence-electron chi connectivity index (χ2n) is 4.53. The lowest BCUT2D eigenvalue weighted by Gasteiger charge is -2.25. The van der Waals surface area contributed by atoms with E-state index in [2.05, 4.69) is 73.9 Å². The third-order valence-electron chi connectivity index (χ3n) is 3.46. The van der Waals surface area contributed by atoms with Crippen molar-refractivity contribution in [2.75, 3.05) is 18.0 Å². The van der Waals surface area contributed by atoms with Gasteiger partial charge < -0.3 is 4.90 Å². The first-order chi connectivity index (χ1) is 9.27. The summed E-state index contributed by atoms with van der Waals surface area (Å²) in [6, 6.07) is 18.9. The van der Waals surface area contributed by atoms with Crippen LogP contribution in [0.5, 0.6) is 0 Å². The lowest BCUT2D eigenvalue weighted by atomic mass is 9.97. The number of hydrogen-bond donors (Lipinski definition) is 0. The van der Waals surface area contributed by atoms with E-state index in [1.807, 2.05) is 6.07 Å². The summed E-state index contributed by atoms with van der Waals surface area (Å²) in [6.45, 7) is 10.7. The fourth-order valence-corrected chi connectivity index (χ4v) is 2.36. The van der Waals surface area contributed by atoms with Gasteiger partial charge in [-0.3, -0.25) is 0 Å². The zero-order chi connectivity index (χ0) is 13.7. The summed E-state index contributed by atoms with van der Waals surface area (Å²) in [6.07, 6.45) is 0. The molecule has 0 bridgehead atoms. The lowest BCUT2D eigenvalue weighted by Crippen LogP contribution is -2.22. The SMILES string of the molecule is C=C(c1ccccc1)c1ccccc1N(CC)CC. The van der Waals surface area contributed by atoms with E-state index in [9.17, 15) is 0 Å². The Balaban J connectivity index is 2.43. The second-order valence-corrected chi connectivity index (χ2v) is 4.53. The van der Waals surface area contributed by atoms with Gasteiger partial charge in [0, 0.05) is 24.3 Å². The lowest BCUT2D eigenvalue weighted by molar-refractivity contribution is 0.865. The number of nitrogens with zero attached hydrogens (tertiary/aromatic N) is 1. The van der Waals surface area contributed by atoms with Crippen LogP contribution in [0.1, 0.15) is 25.0 Å². The van der Waals surface area contributed by atoms with Crippen LogP contribution in [0.2, 0.25) is 0 Å². The number of benzene rings is 2. The minimum Gasteiger partial charge on any atom is -0.372 e. The largest absolute Gasteiger partial charge is 0.372 e. The molecule has 2 aromatic carbocycles.